The number of hydrogen-bond donors (Lipinski definition) is 0. The van der Waals surface area contributed by atoms with Crippen molar-refractivity contribution in [1.82, 2.24) is 0 Å². The standard InChI is InChI=1S/C17H11Cl2F9O3/c1-15(2)6(3-7(18)16(23,24)25)8(15)14(29)30-4-5-10(20)9(19)12(22)13(11(5)21)31-17(26,27)28/h3,6,8H,4H2,1-2H3. The average molecular weight is 505 g/mol. The lowest BCUT2D eigenvalue weighted by Crippen LogP contribution is -2.20. The van der Waals surface area contributed by atoms with Gasteiger partial charge >= 0.3 is 18.5 Å². The Hall–Kier alpha value is -1.82. The highest BCUT2D eigenvalue weighted by Crippen LogP contribution is 2.60. The molecule has 0 saturated heterocycles. The molecule has 2 unspecified atom stereocenters. The van der Waals surface area contributed by atoms with Crippen molar-refractivity contribution in [2.24, 2.45) is 17.3 Å². The fourth-order valence-electron chi connectivity index (χ4n) is 2.91. The molecular formula is C17H11Cl2F9O3. The highest BCUT2D eigenvalue weighted by atomic mass is 35.5. The van der Waals surface area contributed by atoms with Gasteiger partial charge in [0.05, 0.1) is 11.5 Å². The molecule has 2 rings (SSSR count). The van der Waals surface area contributed by atoms with Gasteiger partial charge in [-0.25, -0.2) is 13.2 Å². The van der Waals surface area contributed by atoms with Crippen LogP contribution in [-0.4, -0.2) is 18.5 Å². The first-order valence-electron chi connectivity index (χ1n) is 8.11. The smallest absolute Gasteiger partial charge is 0.460 e. The predicted molar refractivity (Wildman–Crippen MR) is 88.6 cm³/mol. The van der Waals surface area contributed by atoms with Gasteiger partial charge in [0.1, 0.15) is 16.7 Å². The SMILES string of the molecule is CC1(C)C(C=C(Cl)C(F)(F)F)C1C(=O)OCc1c(F)c(Cl)c(F)c(OC(F)(F)F)c1F. The predicted octanol–water partition coefficient (Wildman–Crippen LogP) is 6.66. The second-order valence-electron chi connectivity index (χ2n) is 7.06. The Balaban J connectivity index is 2.24. The van der Waals surface area contributed by atoms with E-state index in [1.807, 2.05) is 0 Å². The molecule has 1 fully saturated rings. The second-order valence-corrected chi connectivity index (χ2v) is 7.84. The summed E-state index contributed by atoms with van der Waals surface area (Å²) in [5.74, 6) is -11.7. The van der Waals surface area contributed by atoms with E-state index in [0.717, 1.165) is 0 Å². The van der Waals surface area contributed by atoms with Gasteiger partial charge in [-0.3, -0.25) is 4.79 Å². The van der Waals surface area contributed by atoms with E-state index in [9.17, 15) is 44.3 Å². The van der Waals surface area contributed by atoms with Gasteiger partial charge in [0.15, 0.2) is 17.5 Å². The van der Waals surface area contributed by atoms with E-state index < -0.39 is 81.2 Å². The molecule has 174 valence electrons. The Morgan fingerprint density at radius 1 is 1.06 bits per heavy atom. The van der Waals surface area contributed by atoms with Crippen LogP contribution in [0.3, 0.4) is 0 Å². The molecule has 2 atom stereocenters. The van der Waals surface area contributed by atoms with E-state index in [4.69, 9.17) is 23.2 Å². The van der Waals surface area contributed by atoms with Crippen LogP contribution in [0.1, 0.15) is 19.4 Å². The lowest BCUT2D eigenvalue weighted by molar-refractivity contribution is -0.276. The summed E-state index contributed by atoms with van der Waals surface area (Å²) in [4.78, 5) is 12.2. The van der Waals surface area contributed by atoms with Crippen molar-refractivity contribution < 1.29 is 53.8 Å². The van der Waals surface area contributed by atoms with Crippen LogP contribution >= 0.6 is 23.2 Å². The molecule has 1 aromatic rings. The lowest BCUT2D eigenvalue weighted by Gasteiger charge is -2.15. The third kappa shape index (κ3) is 5.33. The van der Waals surface area contributed by atoms with Gasteiger partial charge in [-0.1, -0.05) is 43.1 Å². The van der Waals surface area contributed by atoms with Crippen LogP contribution in [0.5, 0.6) is 5.75 Å². The Morgan fingerprint density at radius 2 is 1.61 bits per heavy atom. The summed E-state index contributed by atoms with van der Waals surface area (Å²) in [6.45, 7) is 1.46. The minimum absolute atomic E-state index is 0.582. The number of rotatable bonds is 5. The molecule has 0 spiro atoms. The van der Waals surface area contributed by atoms with Gasteiger partial charge in [0, 0.05) is 0 Å². The number of halogens is 11. The summed E-state index contributed by atoms with van der Waals surface area (Å²) in [6, 6.07) is 0. The average Bonchev–Trinajstić information content (AvgIpc) is 3.15. The van der Waals surface area contributed by atoms with Crippen molar-refractivity contribution in [2.75, 3.05) is 0 Å². The Morgan fingerprint density at radius 3 is 2.10 bits per heavy atom. The van der Waals surface area contributed by atoms with Crippen molar-refractivity contribution in [3.05, 3.63) is 39.1 Å². The van der Waals surface area contributed by atoms with E-state index in [2.05, 4.69) is 9.47 Å². The van der Waals surface area contributed by atoms with Gasteiger partial charge < -0.3 is 9.47 Å². The molecule has 0 aromatic heterocycles. The highest BCUT2D eigenvalue weighted by molar-refractivity contribution is 6.31. The maximum Gasteiger partial charge on any atom is 0.573 e. The number of allylic oxidation sites excluding steroid dienone is 2. The largest absolute Gasteiger partial charge is 0.573 e. The Kier molecular flexibility index (Phi) is 6.78. The number of alkyl halides is 6. The molecule has 0 amide bonds. The van der Waals surface area contributed by atoms with E-state index >= 15 is 0 Å². The molecule has 1 aromatic carbocycles. The zero-order valence-electron chi connectivity index (χ0n) is 15.3. The fraction of sp³-hybridized carbons (Fsp3) is 0.471. The molecule has 1 saturated carbocycles. The number of hydrogen-bond acceptors (Lipinski definition) is 3. The van der Waals surface area contributed by atoms with Crippen LogP contribution in [-0.2, 0) is 16.1 Å². The van der Waals surface area contributed by atoms with Gasteiger partial charge in [0.25, 0.3) is 0 Å². The zero-order valence-corrected chi connectivity index (χ0v) is 16.8. The van der Waals surface area contributed by atoms with Crippen molar-refractivity contribution in [3.8, 4) is 5.75 Å². The van der Waals surface area contributed by atoms with E-state index in [1.54, 1.807) is 0 Å². The summed E-state index contributed by atoms with van der Waals surface area (Å²) in [5.41, 5.74) is -2.41. The zero-order chi connectivity index (χ0) is 24.1. The molecule has 0 radical (unpaired) electrons. The van der Waals surface area contributed by atoms with Crippen molar-refractivity contribution in [1.29, 1.82) is 0 Å². The van der Waals surface area contributed by atoms with Gasteiger partial charge in [-0.05, 0) is 11.3 Å². The number of esters is 1. The molecule has 1 aliphatic rings. The maximum absolute atomic E-state index is 14.2. The van der Waals surface area contributed by atoms with Crippen LogP contribution < -0.4 is 4.74 Å². The first-order valence-corrected chi connectivity index (χ1v) is 8.86. The maximum atomic E-state index is 14.2. The summed E-state index contributed by atoms with van der Waals surface area (Å²) in [7, 11) is 0. The van der Waals surface area contributed by atoms with Gasteiger partial charge in [0.2, 0.25) is 5.75 Å². The molecule has 0 heterocycles. The summed E-state index contributed by atoms with van der Waals surface area (Å²) in [6.07, 6.45) is -9.83. The monoisotopic (exact) mass is 504 g/mol. The normalized spacial score (nSPS) is 21.1. The minimum Gasteiger partial charge on any atom is -0.460 e. The molecule has 0 N–H and O–H groups in total. The first kappa shape index (κ1) is 25.4. The molecule has 1 aliphatic carbocycles. The van der Waals surface area contributed by atoms with Crippen LogP contribution in [0.15, 0.2) is 11.1 Å². The Bertz CT molecular complexity index is 923. The van der Waals surface area contributed by atoms with Gasteiger partial charge in [-0.15, -0.1) is 13.2 Å². The molecule has 3 nitrogen and oxygen atoms in total. The summed E-state index contributed by atoms with van der Waals surface area (Å²) in [5, 5.41) is -3.03. The van der Waals surface area contributed by atoms with Gasteiger partial charge in [-0.2, -0.15) is 13.2 Å². The molecule has 31 heavy (non-hydrogen) atoms. The molecule has 0 aliphatic heterocycles. The van der Waals surface area contributed by atoms with E-state index in [1.165, 1.54) is 13.8 Å². The van der Waals surface area contributed by atoms with Crippen molar-refractivity contribution >= 4 is 29.2 Å². The quantitative estimate of drug-likeness (QED) is 0.195. The highest BCUT2D eigenvalue weighted by Gasteiger charge is 2.62. The van der Waals surface area contributed by atoms with Crippen LogP contribution in [0.4, 0.5) is 39.5 Å². The first-order chi connectivity index (χ1) is 13.9. The number of benzene rings is 1. The number of carbonyl (C=O) groups is 1. The van der Waals surface area contributed by atoms with E-state index in [0.29, 0.717) is 6.08 Å². The third-order valence-electron chi connectivity index (χ3n) is 4.65. The lowest BCUT2D eigenvalue weighted by atomic mass is 10.1. The third-order valence-corrected chi connectivity index (χ3v) is 5.32. The number of carbonyl (C=O) groups excluding carboxylic acids is 1. The second kappa shape index (κ2) is 8.27. The number of ether oxygens (including phenoxy) is 2. The molecule has 0 bridgehead atoms. The minimum atomic E-state index is -5.55. The Labute approximate surface area is 178 Å². The summed E-state index contributed by atoms with van der Waals surface area (Å²) < 4.78 is 124. The topological polar surface area (TPSA) is 35.5 Å². The van der Waals surface area contributed by atoms with Crippen LogP contribution in [0.25, 0.3) is 0 Å². The van der Waals surface area contributed by atoms with Crippen molar-refractivity contribution in [3.63, 3.8) is 0 Å². The molecule has 14 heteroatoms. The van der Waals surface area contributed by atoms with Crippen molar-refractivity contribution in [2.45, 2.75) is 33.0 Å². The van der Waals surface area contributed by atoms with Crippen LogP contribution in [0.2, 0.25) is 5.02 Å². The fourth-order valence-corrected chi connectivity index (χ4v) is 3.25. The van der Waals surface area contributed by atoms with E-state index in [-0.39, 0.29) is 0 Å². The summed E-state index contributed by atoms with van der Waals surface area (Å²) >= 11 is 10.3. The van der Waals surface area contributed by atoms with Crippen LogP contribution in [0, 0.1) is 34.7 Å². The molecular weight excluding hydrogens is 494 g/mol.